The van der Waals surface area contributed by atoms with Crippen molar-refractivity contribution in [3.8, 4) is 11.5 Å². The van der Waals surface area contributed by atoms with Crippen LogP contribution < -0.4 is 4.74 Å². The van der Waals surface area contributed by atoms with Gasteiger partial charge >= 0.3 is 0 Å². The van der Waals surface area contributed by atoms with Crippen LogP contribution in [0.5, 0.6) is 11.5 Å². The van der Waals surface area contributed by atoms with E-state index >= 15 is 0 Å². The summed E-state index contributed by atoms with van der Waals surface area (Å²) in [6, 6.07) is 20.2. The molecule has 3 N–H and O–H groups in total. The van der Waals surface area contributed by atoms with Crippen molar-refractivity contribution in [2.45, 2.75) is 45.3 Å². The number of carbonyl (C=O) groups excluding carboxylic acids is 2. The van der Waals surface area contributed by atoms with Gasteiger partial charge in [0.25, 0.3) is 0 Å². The maximum atomic E-state index is 13.7. The fourth-order valence-electron chi connectivity index (χ4n) is 6.24. The lowest BCUT2D eigenvalue weighted by Crippen LogP contribution is -2.40. The molecule has 3 aromatic rings. The van der Waals surface area contributed by atoms with E-state index in [1.165, 1.54) is 16.2 Å². The van der Waals surface area contributed by atoms with Crippen LogP contribution in [0.4, 0.5) is 0 Å². The molecule has 0 spiro atoms. The van der Waals surface area contributed by atoms with Crippen LogP contribution in [-0.4, -0.2) is 51.4 Å². The van der Waals surface area contributed by atoms with Crippen molar-refractivity contribution in [1.29, 1.82) is 0 Å². The number of aromatic hydroxyl groups is 1. The van der Waals surface area contributed by atoms with Crippen molar-refractivity contribution >= 4 is 29.2 Å². The molecule has 1 fully saturated rings. The van der Waals surface area contributed by atoms with Crippen molar-refractivity contribution in [3.05, 3.63) is 99.3 Å². The molecule has 8 heteroatoms. The highest BCUT2D eigenvalue weighted by Gasteiger charge is 2.54. The Balaban J connectivity index is 1.42. The summed E-state index contributed by atoms with van der Waals surface area (Å²) in [6.07, 6.45) is 3.13. The van der Waals surface area contributed by atoms with Gasteiger partial charge < -0.3 is 20.1 Å². The van der Waals surface area contributed by atoms with E-state index in [9.17, 15) is 24.9 Å². The monoisotopic (exact) mass is 587 g/mol. The normalized spacial score (nSPS) is 21.5. The molecule has 220 valence electrons. The second kappa shape index (κ2) is 13.5. The molecule has 2 aliphatic rings. The fraction of sp³-hybridized carbons (Fsp3) is 0.353. The average molecular weight is 588 g/mol. The van der Waals surface area contributed by atoms with Gasteiger partial charge in [0.05, 0.1) is 31.1 Å². The molecule has 0 saturated carbocycles. The van der Waals surface area contributed by atoms with E-state index < -0.39 is 23.9 Å². The van der Waals surface area contributed by atoms with E-state index in [0.29, 0.717) is 30.6 Å². The summed E-state index contributed by atoms with van der Waals surface area (Å²) in [4.78, 5) is 29.5. The lowest BCUT2D eigenvalue weighted by atomic mass is 9.68. The largest absolute Gasteiger partial charge is 0.508 e. The van der Waals surface area contributed by atoms with Gasteiger partial charge in [0, 0.05) is 10.8 Å². The Hall–Kier alpha value is -3.72. The van der Waals surface area contributed by atoms with Gasteiger partial charge in [-0.05, 0) is 78.1 Å². The van der Waals surface area contributed by atoms with Crippen molar-refractivity contribution in [3.63, 3.8) is 0 Å². The number of phenolic OH excluding ortho intramolecular Hbond substituents is 1. The number of carbonyl (C=O) groups is 2. The summed E-state index contributed by atoms with van der Waals surface area (Å²) in [5, 5.41) is 34.1. The van der Waals surface area contributed by atoms with Gasteiger partial charge in [0.15, 0.2) is 0 Å². The number of nitrogens with zero attached hydrogens (tertiary/aromatic N) is 1. The van der Waals surface area contributed by atoms with Crippen LogP contribution in [0, 0.1) is 17.8 Å². The van der Waals surface area contributed by atoms with Crippen LogP contribution in [0.25, 0.3) is 6.08 Å². The quantitative estimate of drug-likeness (QED) is 0.189. The second-order valence-corrected chi connectivity index (χ2v) is 12.0. The number of rotatable bonds is 12. The molecule has 2 aromatic carbocycles. The number of aliphatic hydroxyl groups is 2. The predicted octanol–water partition coefficient (Wildman–Crippen LogP) is 5.58. The summed E-state index contributed by atoms with van der Waals surface area (Å²) in [5.74, 6) is -1.67. The first-order valence-electron chi connectivity index (χ1n) is 14.4. The molecule has 2 heterocycles. The minimum atomic E-state index is -0.925. The molecule has 1 aliphatic heterocycles. The van der Waals surface area contributed by atoms with E-state index in [2.05, 4.69) is 0 Å². The van der Waals surface area contributed by atoms with Crippen LogP contribution >= 0.6 is 11.3 Å². The molecule has 1 saturated heterocycles. The number of hydrogen-bond acceptors (Lipinski definition) is 7. The summed E-state index contributed by atoms with van der Waals surface area (Å²) in [7, 11) is 0. The van der Waals surface area contributed by atoms with Crippen molar-refractivity contribution in [2.75, 3.05) is 13.2 Å². The Morgan fingerprint density at radius 2 is 1.90 bits per heavy atom. The highest BCUT2D eigenvalue weighted by molar-refractivity contribution is 7.09. The topological polar surface area (TPSA) is 107 Å². The molecule has 5 rings (SSSR count). The maximum Gasteiger partial charge on any atom is 0.234 e. The Kier molecular flexibility index (Phi) is 9.57. The standard InChI is InChI=1S/C34H37NO6S/c1-2-22(16-23-8-6-9-25(37)17-23)13-14-30(38)31-24(21-41-26-10-4-3-5-11-26)18-28-32(29(31)20-36)34(40)35(33(28)39)19-27-12-7-15-42-27/h3-12,15-17,28-30,32,36-38H,2,13-14,18-21H2,1H3/b22-16+/t28-,29+,30-,32-/m1/s1. The lowest BCUT2D eigenvalue weighted by molar-refractivity contribution is -0.140. The zero-order chi connectivity index (χ0) is 29.6. The number of benzene rings is 2. The smallest absolute Gasteiger partial charge is 0.234 e. The molecule has 1 aromatic heterocycles. The minimum absolute atomic E-state index is 0.155. The van der Waals surface area contributed by atoms with Crippen molar-refractivity contribution < 1.29 is 29.6 Å². The van der Waals surface area contributed by atoms with Gasteiger partial charge in [-0.2, -0.15) is 0 Å². The molecule has 42 heavy (non-hydrogen) atoms. The number of amides is 2. The third-order valence-electron chi connectivity index (χ3n) is 8.32. The molecular formula is C34H37NO6S. The minimum Gasteiger partial charge on any atom is -0.508 e. The third kappa shape index (κ3) is 6.51. The van der Waals surface area contributed by atoms with Gasteiger partial charge in [-0.15, -0.1) is 11.3 Å². The summed E-state index contributed by atoms with van der Waals surface area (Å²) < 4.78 is 6.08. The Bertz CT molecular complexity index is 1450. The number of ether oxygens (including phenoxy) is 1. The number of allylic oxidation sites excluding steroid dienone is 1. The number of fused-ring (bicyclic) bond motifs is 1. The van der Waals surface area contributed by atoms with Crippen LogP contribution in [-0.2, 0) is 16.1 Å². The highest BCUT2D eigenvalue weighted by atomic mass is 32.1. The zero-order valence-electron chi connectivity index (χ0n) is 23.7. The highest BCUT2D eigenvalue weighted by Crippen LogP contribution is 2.47. The second-order valence-electron chi connectivity index (χ2n) is 10.9. The van der Waals surface area contributed by atoms with E-state index in [0.717, 1.165) is 28.0 Å². The maximum absolute atomic E-state index is 13.7. The van der Waals surface area contributed by atoms with Gasteiger partial charge in [0.1, 0.15) is 18.1 Å². The summed E-state index contributed by atoms with van der Waals surface area (Å²) in [6.45, 7) is 2.07. The first-order valence-corrected chi connectivity index (χ1v) is 15.3. The molecule has 0 bridgehead atoms. The first kappa shape index (κ1) is 29.8. The number of imide groups is 1. The summed E-state index contributed by atoms with van der Waals surface area (Å²) in [5.41, 5.74) is 3.36. The van der Waals surface area contributed by atoms with Gasteiger partial charge in [-0.3, -0.25) is 14.5 Å². The van der Waals surface area contributed by atoms with Gasteiger partial charge in [-0.1, -0.05) is 55.0 Å². The van der Waals surface area contributed by atoms with Crippen LogP contribution in [0.1, 0.15) is 43.0 Å². The first-order chi connectivity index (χ1) is 20.4. The third-order valence-corrected chi connectivity index (χ3v) is 9.18. The number of thiophene rings is 1. The molecule has 2 amide bonds. The number of hydrogen-bond donors (Lipinski definition) is 3. The number of aliphatic hydroxyl groups excluding tert-OH is 2. The molecule has 4 atom stereocenters. The van der Waals surface area contributed by atoms with E-state index in [1.54, 1.807) is 18.2 Å². The number of phenols is 1. The predicted molar refractivity (Wildman–Crippen MR) is 163 cm³/mol. The average Bonchev–Trinajstić information content (AvgIpc) is 3.60. The van der Waals surface area contributed by atoms with Gasteiger partial charge in [-0.25, -0.2) is 0 Å². The van der Waals surface area contributed by atoms with Crippen LogP contribution in [0.2, 0.25) is 0 Å². The van der Waals surface area contributed by atoms with Crippen LogP contribution in [0.3, 0.4) is 0 Å². The SMILES string of the molecule is CC/C(=C\c1cccc(O)c1)CC[C@@H](O)C1=C(COc2ccccc2)C[C@H]2C(=O)N(Cc3cccs3)C(=O)[C@H]2[C@H]1CO. The van der Waals surface area contributed by atoms with Gasteiger partial charge in [0.2, 0.25) is 11.8 Å². The van der Waals surface area contributed by atoms with Crippen molar-refractivity contribution in [2.24, 2.45) is 17.8 Å². The summed E-state index contributed by atoms with van der Waals surface area (Å²) >= 11 is 1.49. The van der Waals surface area contributed by atoms with Crippen LogP contribution in [0.15, 0.2) is 88.8 Å². The van der Waals surface area contributed by atoms with E-state index in [-0.39, 0.29) is 37.3 Å². The van der Waals surface area contributed by atoms with E-state index in [4.69, 9.17) is 4.74 Å². The molecule has 1 aliphatic carbocycles. The molecule has 7 nitrogen and oxygen atoms in total. The Labute approximate surface area is 250 Å². The van der Waals surface area contributed by atoms with E-state index in [1.807, 2.05) is 66.9 Å². The molecular weight excluding hydrogens is 550 g/mol. The fourth-order valence-corrected chi connectivity index (χ4v) is 6.93. The number of likely N-dealkylation sites (tertiary alicyclic amines) is 1. The molecule has 0 radical (unpaired) electrons. The lowest BCUT2D eigenvalue weighted by Gasteiger charge is -2.36. The molecule has 0 unspecified atom stereocenters. The number of para-hydroxylation sites is 1. The van der Waals surface area contributed by atoms with Crippen molar-refractivity contribution in [1.82, 2.24) is 4.90 Å². The Morgan fingerprint density at radius 3 is 2.60 bits per heavy atom. The zero-order valence-corrected chi connectivity index (χ0v) is 24.5. The Morgan fingerprint density at radius 1 is 1.10 bits per heavy atom.